The van der Waals surface area contributed by atoms with Crippen molar-refractivity contribution in [3.63, 3.8) is 0 Å². The molecule has 0 fully saturated rings. The van der Waals surface area contributed by atoms with Gasteiger partial charge in [-0.25, -0.2) is 14.5 Å². The lowest BCUT2D eigenvalue weighted by atomic mass is 10.0. The highest BCUT2D eigenvalue weighted by Gasteiger charge is 2.35. The van der Waals surface area contributed by atoms with E-state index in [0.717, 1.165) is 10.9 Å². The molecule has 0 saturated carbocycles. The molecule has 28 heteroatoms. The number of hydrogen-bond donors (Lipinski definition) is 14. The van der Waals surface area contributed by atoms with Gasteiger partial charge in [-0.2, -0.15) is 11.8 Å². The number of nitrogens with zero attached hydrogens (tertiary/aromatic N) is 5. The van der Waals surface area contributed by atoms with Gasteiger partial charge in [-0.3, -0.25) is 38.6 Å². The van der Waals surface area contributed by atoms with Crippen LogP contribution in [0.3, 0.4) is 0 Å². The largest absolute Gasteiger partial charge is 0.480 e. The number of fused-ring (bicyclic) bond motifs is 3. The molecule has 4 aromatic rings. The van der Waals surface area contributed by atoms with Crippen LogP contribution in [0.4, 0.5) is 0 Å². The summed E-state index contributed by atoms with van der Waals surface area (Å²) in [4.78, 5) is 126. The third-order valence-electron chi connectivity index (χ3n) is 11.8. The van der Waals surface area contributed by atoms with Crippen LogP contribution < -0.4 is 60.2 Å². The zero-order valence-electron chi connectivity index (χ0n) is 40.6. The molecule has 1 aromatic carbocycles. The lowest BCUT2D eigenvalue weighted by molar-refractivity contribution is -0.142. The Hall–Kier alpha value is -7.59. The second kappa shape index (κ2) is 27.9. The lowest BCUT2D eigenvalue weighted by Crippen LogP contribution is -2.60. The fraction of sp³-hybridized carbons (Fsp3) is 0.511. The fourth-order valence-electron chi connectivity index (χ4n) is 7.83. The molecule has 27 nitrogen and oxygen atoms in total. The van der Waals surface area contributed by atoms with Gasteiger partial charge < -0.3 is 75.2 Å². The first-order valence-corrected chi connectivity index (χ1v) is 25.1. The molecule has 73 heavy (non-hydrogen) atoms. The van der Waals surface area contributed by atoms with E-state index in [4.69, 9.17) is 22.9 Å². The number of para-hydroxylation sites is 1. The predicted molar refractivity (Wildman–Crippen MR) is 269 cm³/mol. The maximum atomic E-state index is 14.7. The van der Waals surface area contributed by atoms with E-state index in [9.17, 15) is 43.5 Å². The number of carboxylic acids is 1. The first-order chi connectivity index (χ1) is 35.0. The number of thioether (sulfide) groups is 1. The Balaban J connectivity index is 1.59. The second-order valence-corrected chi connectivity index (χ2v) is 18.5. The smallest absolute Gasteiger partial charge is 0.326 e. The molecule has 0 spiro atoms. The van der Waals surface area contributed by atoms with Crippen LogP contribution in [0.25, 0.3) is 10.9 Å². The van der Waals surface area contributed by atoms with Crippen LogP contribution in [0, 0.1) is 0 Å². The number of aliphatic carboxylic acids is 1. The standard InChI is InChI=1S/C45H66N18O9S/c1-24-37(64)55-31(11-7-14-51-45(48)49)39(66)57-33(16-25-19-52-30-10-4-3-8-28(25)30)41(68)58-35(42(69)56-32(44(71)72)12-15-73-2)18-27-21-63(62-61-27)22-36(60-38(65)29(47)9-5-6-13-46)43(70)59-34(40(67)54-24)17-26-20-50-23-53-26/h3-4,8,10,19-21,23-24,29,31-36,52H,5-7,9,11-18,22,46-47H2,1-2H3,(H,50,53)(H,54,67)(H,55,64)(H,56,69)(H,57,66)(H,58,68)(H,59,70)(H,60,65)(H,71,72)(H4,48,49,51)/t24-,29+,31+,32+,33+,34+,35+,36+/m1/s1. The molecule has 2 bridgehead atoms. The number of carboxylic acid groups (broad SMARTS) is 1. The number of amides is 7. The maximum Gasteiger partial charge on any atom is 0.326 e. The van der Waals surface area contributed by atoms with Crippen LogP contribution in [-0.2, 0) is 64.2 Å². The summed E-state index contributed by atoms with van der Waals surface area (Å²) in [6, 6.07) is -3.66. The molecule has 0 saturated heterocycles. The number of unbranched alkanes of at least 4 members (excludes halogenated alkanes) is 1. The number of hydrogen-bond acceptors (Lipinski definition) is 15. The number of H-pyrrole nitrogens is 2. The molecule has 7 amide bonds. The van der Waals surface area contributed by atoms with E-state index in [1.165, 1.54) is 42.1 Å². The van der Waals surface area contributed by atoms with Gasteiger partial charge in [0.1, 0.15) is 42.3 Å². The Morgan fingerprint density at radius 3 is 2.33 bits per heavy atom. The molecular formula is C45H66N18O9S. The van der Waals surface area contributed by atoms with Gasteiger partial charge in [0.2, 0.25) is 41.4 Å². The third kappa shape index (κ3) is 17.3. The Labute approximate surface area is 424 Å². The van der Waals surface area contributed by atoms with Gasteiger partial charge in [0, 0.05) is 61.0 Å². The Kier molecular flexibility index (Phi) is 21.5. The molecular weight excluding hydrogens is 969 g/mol. The molecule has 0 unspecified atom stereocenters. The molecule has 396 valence electrons. The Morgan fingerprint density at radius 1 is 0.904 bits per heavy atom. The number of nitrogens with two attached hydrogens (primary N) is 4. The van der Waals surface area contributed by atoms with Crippen molar-refractivity contribution in [2.45, 2.75) is 120 Å². The molecule has 5 rings (SSSR count). The lowest BCUT2D eigenvalue weighted by Gasteiger charge is -2.27. The van der Waals surface area contributed by atoms with Crippen LogP contribution in [-0.4, -0.2) is 162 Å². The van der Waals surface area contributed by atoms with Crippen LogP contribution in [0.1, 0.15) is 62.4 Å². The number of rotatable bonds is 20. The zero-order chi connectivity index (χ0) is 53.0. The number of imidazole rings is 1. The predicted octanol–water partition coefficient (Wildman–Crippen LogP) is -3.71. The van der Waals surface area contributed by atoms with Crippen LogP contribution in [0.2, 0.25) is 0 Å². The van der Waals surface area contributed by atoms with Gasteiger partial charge in [-0.05, 0) is 69.2 Å². The first kappa shape index (κ1) is 56.3. The fourth-order valence-corrected chi connectivity index (χ4v) is 8.30. The minimum atomic E-state index is -1.54. The maximum absolute atomic E-state index is 14.7. The van der Waals surface area contributed by atoms with E-state index in [1.807, 2.05) is 18.2 Å². The third-order valence-corrected chi connectivity index (χ3v) is 12.5. The number of aliphatic imine (C=N–C) groups is 1. The summed E-state index contributed by atoms with van der Waals surface area (Å²) in [6.45, 7) is 1.40. The van der Waals surface area contributed by atoms with E-state index in [-0.39, 0.29) is 69.7 Å². The highest BCUT2D eigenvalue weighted by Crippen LogP contribution is 2.20. The van der Waals surface area contributed by atoms with Crippen molar-refractivity contribution in [2.75, 3.05) is 25.1 Å². The Morgan fingerprint density at radius 2 is 1.62 bits per heavy atom. The average molecular weight is 1040 g/mol. The van der Waals surface area contributed by atoms with Crippen LogP contribution in [0.5, 0.6) is 0 Å². The minimum absolute atomic E-state index is 0.0446. The normalized spacial score (nSPS) is 21.2. The average Bonchev–Trinajstić information content (AvgIpc) is 4.14. The van der Waals surface area contributed by atoms with Crippen molar-refractivity contribution < 1.29 is 43.5 Å². The first-order valence-electron chi connectivity index (χ1n) is 23.7. The highest BCUT2D eigenvalue weighted by atomic mass is 32.2. The summed E-state index contributed by atoms with van der Waals surface area (Å²) < 4.78 is 1.20. The van der Waals surface area contributed by atoms with Gasteiger partial charge in [0.05, 0.1) is 24.6 Å². The number of nitrogens with one attached hydrogen (secondary N) is 9. The summed E-state index contributed by atoms with van der Waals surface area (Å²) in [6.07, 6.45) is 8.42. The molecule has 1 aliphatic rings. The van der Waals surface area contributed by atoms with E-state index in [1.54, 1.807) is 18.5 Å². The van der Waals surface area contributed by atoms with E-state index in [0.29, 0.717) is 36.4 Å². The summed E-state index contributed by atoms with van der Waals surface area (Å²) >= 11 is 1.37. The van der Waals surface area contributed by atoms with Crippen LogP contribution in [0.15, 0.2) is 54.2 Å². The number of guanidine groups is 1. The van der Waals surface area contributed by atoms with Crippen LogP contribution >= 0.6 is 11.8 Å². The zero-order valence-corrected chi connectivity index (χ0v) is 41.4. The van der Waals surface area contributed by atoms with E-state index in [2.05, 4.69) is 67.5 Å². The Bertz CT molecular complexity index is 2550. The number of carbonyl (C=O) groups excluding carboxylic acids is 7. The molecule has 0 aliphatic carbocycles. The van der Waals surface area contributed by atoms with Gasteiger partial charge in [0.15, 0.2) is 5.96 Å². The molecule has 4 heterocycles. The molecule has 8 atom stereocenters. The SMILES string of the molecule is CSCC[C@H](NC(=O)[C@@H]1Cc2cn(nn2)C[C@H](NC(=O)[C@@H](N)CCCCN)C(=O)N[C@@H](Cc2cnc[nH]2)C(=O)N[C@H](C)C(=O)N[C@@H](CCCN=C(N)N)C(=O)N[C@@H](Cc2c[nH]c3ccccc23)C(=O)N1)C(=O)O. The van der Waals surface area contributed by atoms with Crippen molar-refractivity contribution in [1.29, 1.82) is 0 Å². The summed E-state index contributed by atoms with van der Waals surface area (Å²) in [5.41, 5.74) is 24.8. The topological polar surface area (TPSA) is 433 Å². The summed E-state index contributed by atoms with van der Waals surface area (Å²) in [5.74, 6) is -6.96. The molecule has 3 aromatic heterocycles. The number of carbonyl (C=O) groups is 8. The van der Waals surface area contributed by atoms with Crippen molar-refractivity contribution in [3.8, 4) is 0 Å². The summed E-state index contributed by atoms with van der Waals surface area (Å²) in [5, 5.41) is 37.7. The quantitative estimate of drug-likeness (QED) is 0.0230. The number of aromatic nitrogens is 6. The number of benzene rings is 1. The van der Waals surface area contributed by atoms with E-state index >= 15 is 0 Å². The monoisotopic (exact) mass is 1030 g/mol. The second-order valence-electron chi connectivity index (χ2n) is 17.5. The van der Waals surface area contributed by atoms with Crippen molar-refractivity contribution in [2.24, 2.45) is 27.9 Å². The van der Waals surface area contributed by atoms with Gasteiger partial charge in [0.25, 0.3) is 0 Å². The molecule has 18 N–H and O–H groups in total. The highest BCUT2D eigenvalue weighted by molar-refractivity contribution is 7.98. The minimum Gasteiger partial charge on any atom is -0.480 e. The van der Waals surface area contributed by atoms with Crippen molar-refractivity contribution >= 4 is 75.9 Å². The van der Waals surface area contributed by atoms with Gasteiger partial charge in [-0.1, -0.05) is 29.8 Å². The summed E-state index contributed by atoms with van der Waals surface area (Å²) in [7, 11) is 0. The van der Waals surface area contributed by atoms with Gasteiger partial charge >= 0.3 is 5.97 Å². The molecule has 0 radical (unpaired) electrons. The van der Waals surface area contributed by atoms with Gasteiger partial charge in [-0.15, -0.1) is 5.10 Å². The molecule has 1 aliphatic heterocycles. The number of aromatic amines is 2. The van der Waals surface area contributed by atoms with E-state index < -0.39 is 95.7 Å². The van der Waals surface area contributed by atoms with Crippen molar-refractivity contribution in [3.05, 3.63) is 66.1 Å². The van der Waals surface area contributed by atoms with Crippen molar-refractivity contribution in [1.82, 2.24) is 67.2 Å².